The maximum atomic E-state index is 12.2. The summed E-state index contributed by atoms with van der Waals surface area (Å²) >= 11 is 0. The number of esters is 2. The van der Waals surface area contributed by atoms with Gasteiger partial charge in [0.2, 0.25) is 0 Å². The second-order valence-electron chi connectivity index (χ2n) is 6.64. The summed E-state index contributed by atoms with van der Waals surface area (Å²) in [7, 11) is 0. The van der Waals surface area contributed by atoms with E-state index in [0.29, 0.717) is 25.6 Å². The molecule has 1 atom stereocenters. The van der Waals surface area contributed by atoms with E-state index in [2.05, 4.69) is 6.92 Å². The molecule has 0 aromatic rings. The molecule has 0 heterocycles. The van der Waals surface area contributed by atoms with Crippen molar-refractivity contribution in [3.05, 3.63) is 0 Å². The molecule has 0 N–H and O–H groups in total. The molecule has 1 unspecified atom stereocenters. The van der Waals surface area contributed by atoms with Crippen molar-refractivity contribution in [2.45, 2.75) is 85.5 Å². The van der Waals surface area contributed by atoms with Crippen LogP contribution in [0.2, 0.25) is 0 Å². The first-order valence-corrected chi connectivity index (χ1v) is 9.33. The third kappa shape index (κ3) is 13.1. The average molecular weight is 328 g/mol. The molecule has 23 heavy (non-hydrogen) atoms. The van der Waals surface area contributed by atoms with Gasteiger partial charge in [0, 0.05) is 0 Å². The van der Waals surface area contributed by atoms with Gasteiger partial charge in [0.25, 0.3) is 0 Å². The highest BCUT2D eigenvalue weighted by Crippen LogP contribution is 2.18. The molecule has 136 valence electrons. The highest BCUT2D eigenvalue weighted by molar-refractivity contribution is 5.79. The Hall–Kier alpha value is -1.06. The van der Waals surface area contributed by atoms with E-state index in [1.54, 1.807) is 6.92 Å². The number of carbonyl (C=O) groups is 2. The molecular weight excluding hydrogens is 292 g/mol. The van der Waals surface area contributed by atoms with Gasteiger partial charge in [-0.2, -0.15) is 0 Å². The van der Waals surface area contributed by atoms with E-state index in [0.717, 1.165) is 12.8 Å². The van der Waals surface area contributed by atoms with Crippen LogP contribution in [0.4, 0.5) is 0 Å². The Morgan fingerprint density at radius 2 is 1.48 bits per heavy atom. The summed E-state index contributed by atoms with van der Waals surface area (Å²) in [4.78, 5) is 23.8. The van der Waals surface area contributed by atoms with Crippen molar-refractivity contribution in [2.75, 3.05) is 13.2 Å². The first-order valence-electron chi connectivity index (χ1n) is 9.33. The second kappa shape index (κ2) is 14.5. The lowest BCUT2D eigenvalue weighted by molar-refractivity contribution is -0.156. The van der Waals surface area contributed by atoms with E-state index in [4.69, 9.17) is 9.47 Å². The highest BCUT2D eigenvalue weighted by Gasteiger charge is 2.24. The fraction of sp³-hybridized carbons (Fsp3) is 0.895. The van der Waals surface area contributed by atoms with Gasteiger partial charge in [0.05, 0.1) is 25.6 Å². The zero-order valence-electron chi connectivity index (χ0n) is 15.6. The lowest BCUT2D eigenvalue weighted by Crippen LogP contribution is -2.23. The Kier molecular flexibility index (Phi) is 13.9. The van der Waals surface area contributed by atoms with Gasteiger partial charge >= 0.3 is 11.9 Å². The van der Waals surface area contributed by atoms with Crippen molar-refractivity contribution < 1.29 is 19.1 Å². The lowest BCUT2D eigenvalue weighted by Gasteiger charge is -2.16. The minimum atomic E-state index is -0.358. The molecule has 0 aliphatic rings. The number of carbonyl (C=O) groups excluding carboxylic acids is 2. The molecule has 0 rings (SSSR count). The first-order chi connectivity index (χ1) is 11.0. The molecule has 0 fully saturated rings. The van der Waals surface area contributed by atoms with Gasteiger partial charge in [-0.25, -0.2) is 0 Å². The van der Waals surface area contributed by atoms with Crippen LogP contribution < -0.4 is 0 Å². The van der Waals surface area contributed by atoms with E-state index < -0.39 is 0 Å². The smallest absolute Gasteiger partial charge is 0.309 e. The molecule has 0 bridgehead atoms. The van der Waals surface area contributed by atoms with E-state index in [-0.39, 0.29) is 24.3 Å². The minimum Gasteiger partial charge on any atom is -0.466 e. The summed E-state index contributed by atoms with van der Waals surface area (Å²) in [5.41, 5.74) is 0. The van der Waals surface area contributed by atoms with Crippen molar-refractivity contribution in [3.8, 4) is 0 Å². The molecule has 0 saturated carbocycles. The first kappa shape index (κ1) is 21.9. The van der Waals surface area contributed by atoms with Crippen molar-refractivity contribution in [1.82, 2.24) is 0 Å². The maximum Gasteiger partial charge on any atom is 0.309 e. The average Bonchev–Trinajstić information content (AvgIpc) is 2.50. The number of ether oxygens (including phenoxy) is 2. The zero-order chi connectivity index (χ0) is 17.5. The Morgan fingerprint density at radius 3 is 2.04 bits per heavy atom. The highest BCUT2D eigenvalue weighted by atomic mass is 16.5. The number of rotatable bonds is 14. The van der Waals surface area contributed by atoms with Crippen LogP contribution >= 0.6 is 0 Å². The van der Waals surface area contributed by atoms with E-state index in [1.807, 2.05) is 13.8 Å². The topological polar surface area (TPSA) is 52.6 Å². The van der Waals surface area contributed by atoms with E-state index in [1.165, 1.54) is 32.1 Å². The summed E-state index contributed by atoms with van der Waals surface area (Å²) in [6.07, 6.45) is 9.23. The number of hydrogen-bond acceptors (Lipinski definition) is 4. The summed E-state index contributed by atoms with van der Waals surface area (Å²) < 4.78 is 10.3. The van der Waals surface area contributed by atoms with Gasteiger partial charge in [-0.05, 0) is 19.3 Å². The molecule has 0 saturated heterocycles. The molecule has 0 aliphatic heterocycles. The van der Waals surface area contributed by atoms with E-state index >= 15 is 0 Å². The Labute approximate surface area is 142 Å². The van der Waals surface area contributed by atoms with Crippen LogP contribution in [0.1, 0.15) is 85.5 Å². The fourth-order valence-corrected chi connectivity index (χ4v) is 2.44. The molecule has 0 radical (unpaired) electrons. The molecule has 0 amide bonds. The molecule has 0 aliphatic carbocycles. The van der Waals surface area contributed by atoms with Gasteiger partial charge in [-0.3, -0.25) is 9.59 Å². The maximum absolute atomic E-state index is 12.2. The molecule has 0 aromatic heterocycles. The van der Waals surface area contributed by atoms with Crippen LogP contribution in [-0.2, 0) is 19.1 Å². The Bertz CT molecular complexity index is 312. The second-order valence-corrected chi connectivity index (χ2v) is 6.64. The normalized spacial score (nSPS) is 12.2. The van der Waals surface area contributed by atoms with Crippen molar-refractivity contribution >= 4 is 11.9 Å². The minimum absolute atomic E-state index is 0.139. The summed E-state index contributed by atoms with van der Waals surface area (Å²) in [5.74, 6) is -0.608. The lowest BCUT2D eigenvalue weighted by atomic mass is 9.97. The van der Waals surface area contributed by atoms with Gasteiger partial charge in [-0.15, -0.1) is 0 Å². The third-order valence-electron chi connectivity index (χ3n) is 3.77. The fourth-order valence-electron chi connectivity index (χ4n) is 2.44. The van der Waals surface area contributed by atoms with Gasteiger partial charge in [0.15, 0.2) is 0 Å². The quantitative estimate of drug-likeness (QED) is 0.336. The molecule has 4 heteroatoms. The zero-order valence-corrected chi connectivity index (χ0v) is 15.6. The third-order valence-corrected chi connectivity index (χ3v) is 3.77. The van der Waals surface area contributed by atoms with Gasteiger partial charge in [0.1, 0.15) is 0 Å². The van der Waals surface area contributed by atoms with Crippen LogP contribution in [0.3, 0.4) is 0 Å². The molecular formula is C19H36O4. The molecule has 0 aromatic carbocycles. The van der Waals surface area contributed by atoms with Crippen LogP contribution in [0.25, 0.3) is 0 Å². The van der Waals surface area contributed by atoms with Gasteiger partial charge in [-0.1, -0.05) is 65.7 Å². The van der Waals surface area contributed by atoms with E-state index in [9.17, 15) is 9.59 Å². The number of unbranched alkanes of at least 4 members (excludes halogenated alkanes) is 6. The summed E-state index contributed by atoms with van der Waals surface area (Å²) in [5, 5.41) is 0. The summed E-state index contributed by atoms with van der Waals surface area (Å²) in [6, 6.07) is 0. The standard InChI is InChI=1S/C19H36O4/c1-5-7-8-9-10-11-12-13-17(14-18(20)22-6-2)19(21)23-15-16(3)4/h16-17H,5-15H2,1-4H3. The van der Waals surface area contributed by atoms with Crippen molar-refractivity contribution in [3.63, 3.8) is 0 Å². The largest absolute Gasteiger partial charge is 0.466 e. The van der Waals surface area contributed by atoms with Crippen molar-refractivity contribution in [2.24, 2.45) is 11.8 Å². The predicted molar refractivity (Wildman–Crippen MR) is 93.1 cm³/mol. The molecule has 0 spiro atoms. The molecule has 4 nitrogen and oxygen atoms in total. The van der Waals surface area contributed by atoms with Crippen LogP contribution in [0, 0.1) is 11.8 Å². The van der Waals surface area contributed by atoms with Crippen LogP contribution in [0.5, 0.6) is 0 Å². The van der Waals surface area contributed by atoms with Crippen LogP contribution in [0.15, 0.2) is 0 Å². The Balaban J connectivity index is 4.15. The number of hydrogen-bond donors (Lipinski definition) is 0. The van der Waals surface area contributed by atoms with Crippen LogP contribution in [-0.4, -0.2) is 25.2 Å². The van der Waals surface area contributed by atoms with Crippen molar-refractivity contribution in [1.29, 1.82) is 0 Å². The van der Waals surface area contributed by atoms with Gasteiger partial charge < -0.3 is 9.47 Å². The summed E-state index contributed by atoms with van der Waals surface area (Å²) in [6.45, 7) is 8.76. The SMILES string of the molecule is CCCCCCCCCC(CC(=O)OCC)C(=O)OCC(C)C. The Morgan fingerprint density at radius 1 is 0.870 bits per heavy atom. The predicted octanol–water partition coefficient (Wildman–Crippen LogP) is 4.90. The monoisotopic (exact) mass is 328 g/mol.